The van der Waals surface area contributed by atoms with E-state index in [0.29, 0.717) is 6.07 Å². The molecule has 37 heavy (non-hydrogen) atoms. The molecule has 4 rings (SSSR count). The maximum Gasteiger partial charge on any atom is 0.416 e. The molecule has 194 valence electrons. The largest absolute Gasteiger partial charge is 0.486 e. The van der Waals surface area contributed by atoms with Gasteiger partial charge >= 0.3 is 6.18 Å². The van der Waals surface area contributed by atoms with Gasteiger partial charge in [-0.05, 0) is 66.9 Å². The molecule has 0 saturated heterocycles. The zero-order chi connectivity index (χ0) is 27.0. The second kappa shape index (κ2) is 9.99. The van der Waals surface area contributed by atoms with Crippen LogP contribution >= 0.6 is 0 Å². The maximum absolute atomic E-state index is 14.4. The minimum absolute atomic E-state index is 0.0267. The lowest BCUT2D eigenvalue weighted by molar-refractivity contribution is -0.137. The molecule has 1 N–H and O–H groups in total. The highest BCUT2D eigenvalue weighted by atomic mass is 32.2. The lowest BCUT2D eigenvalue weighted by Crippen LogP contribution is -2.43. The van der Waals surface area contributed by atoms with E-state index in [1.807, 2.05) is 0 Å². The van der Waals surface area contributed by atoms with Crippen molar-refractivity contribution in [3.8, 4) is 22.9 Å². The van der Waals surface area contributed by atoms with Crippen molar-refractivity contribution in [3.63, 3.8) is 0 Å². The number of fused-ring (bicyclic) bond motifs is 1. The van der Waals surface area contributed by atoms with Crippen LogP contribution in [0.4, 0.5) is 27.6 Å². The van der Waals surface area contributed by atoms with Crippen molar-refractivity contribution in [2.75, 3.05) is 10.8 Å². The molecule has 1 aliphatic heterocycles. The van der Waals surface area contributed by atoms with Crippen LogP contribution in [0.1, 0.15) is 18.4 Å². The van der Waals surface area contributed by atoms with Gasteiger partial charge in [0.1, 0.15) is 29.6 Å². The Bertz CT molecular complexity index is 1470. The molecule has 0 saturated carbocycles. The molecule has 3 aromatic rings. The molecule has 0 aliphatic carbocycles. The quantitative estimate of drug-likeness (QED) is 0.341. The summed E-state index contributed by atoms with van der Waals surface area (Å²) in [6, 6.07) is 11.6. The molecule has 0 bridgehead atoms. The Hall–Kier alpha value is -3.69. The highest BCUT2D eigenvalue weighted by molar-refractivity contribution is 7.92. The van der Waals surface area contributed by atoms with Crippen LogP contribution in [0.3, 0.4) is 0 Å². The molecule has 6 nitrogen and oxygen atoms in total. The van der Waals surface area contributed by atoms with Gasteiger partial charge < -0.3 is 9.84 Å². The predicted octanol–water partition coefficient (Wildman–Crippen LogP) is 5.27. The van der Waals surface area contributed by atoms with Gasteiger partial charge in [0.25, 0.3) is 10.0 Å². The first kappa shape index (κ1) is 26.4. The zero-order valence-electron chi connectivity index (χ0n) is 18.9. The highest BCUT2D eigenvalue weighted by Crippen LogP contribution is 2.41. The smallest absolute Gasteiger partial charge is 0.416 e. The minimum atomic E-state index is -4.79. The fourth-order valence-corrected chi connectivity index (χ4v) is 5.49. The molecule has 0 radical (unpaired) electrons. The molecule has 3 aromatic carbocycles. The maximum atomic E-state index is 14.4. The van der Waals surface area contributed by atoms with E-state index in [2.05, 4.69) is 0 Å². The molecule has 0 aromatic heterocycles. The number of nitrogens with zero attached hydrogens (tertiary/aromatic N) is 2. The van der Waals surface area contributed by atoms with Crippen LogP contribution in [-0.2, 0) is 16.2 Å². The number of hydrogen-bond donors (Lipinski definition) is 1. The number of aliphatic hydroxyl groups is 1. The second-order valence-corrected chi connectivity index (χ2v) is 10.2. The van der Waals surface area contributed by atoms with Gasteiger partial charge in [0, 0.05) is 5.56 Å². The normalized spacial score (nSPS) is 16.5. The molecular weight excluding hydrogens is 519 g/mol. The highest BCUT2D eigenvalue weighted by Gasteiger charge is 2.37. The molecule has 2 atom stereocenters. The van der Waals surface area contributed by atoms with E-state index in [9.17, 15) is 35.5 Å². The third kappa shape index (κ3) is 5.52. The summed E-state index contributed by atoms with van der Waals surface area (Å²) in [6.45, 7) is -0.362. The summed E-state index contributed by atoms with van der Waals surface area (Å²) in [5.74, 6) is -1.47. The number of nitriles is 1. The number of benzene rings is 3. The standard InChI is InChI=1S/C25H19F5N2O4S/c26-17-5-8-22(27)21(12-17)15-4-9-24-23(10-15)32(14-19(36-24)7-6-18(33)13-31)37(34,35)20-3-1-2-16(11-20)25(28,29)30/h1-5,8-12,18-19,33H,6-7,14H2. The van der Waals surface area contributed by atoms with Gasteiger partial charge in [0.15, 0.2) is 0 Å². The molecule has 2 unspecified atom stereocenters. The number of halogens is 5. The first-order valence-corrected chi connectivity index (χ1v) is 12.4. The fraction of sp³-hybridized carbons (Fsp3) is 0.240. The van der Waals surface area contributed by atoms with E-state index in [1.165, 1.54) is 18.2 Å². The van der Waals surface area contributed by atoms with Gasteiger partial charge in [0.05, 0.1) is 28.8 Å². The van der Waals surface area contributed by atoms with Crippen molar-refractivity contribution < 1.29 is 40.2 Å². The molecule has 1 aliphatic rings. The third-order valence-electron chi connectivity index (χ3n) is 5.79. The van der Waals surface area contributed by atoms with E-state index in [0.717, 1.165) is 40.7 Å². The molecular formula is C25H19F5N2O4S. The lowest BCUT2D eigenvalue weighted by Gasteiger charge is -2.36. The van der Waals surface area contributed by atoms with Crippen molar-refractivity contribution in [1.82, 2.24) is 0 Å². The fourth-order valence-electron chi connectivity index (χ4n) is 3.94. The van der Waals surface area contributed by atoms with E-state index in [-0.39, 0.29) is 42.0 Å². The molecule has 0 spiro atoms. The monoisotopic (exact) mass is 538 g/mol. The molecule has 0 amide bonds. The number of hydrogen-bond acceptors (Lipinski definition) is 5. The van der Waals surface area contributed by atoms with Crippen molar-refractivity contribution in [2.45, 2.75) is 36.1 Å². The van der Waals surface area contributed by atoms with Gasteiger partial charge in [-0.1, -0.05) is 12.1 Å². The first-order chi connectivity index (χ1) is 17.4. The minimum Gasteiger partial charge on any atom is -0.486 e. The van der Waals surface area contributed by atoms with Gasteiger partial charge in [-0.2, -0.15) is 18.4 Å². The number of sulfonamides is 1. The van der Waals surface area contributed by atoms with Crippen LogP contribution in [0.25, 0.3) is 11.1 Å². The van der Waals surface area contributed by atoms with Crippen LogP contribution < -0.4 is 9.04 Å². The van der Waals surface area contributed by atoms with Crippen molar-refractivity contribution in [1.29, 1.82) is 5.26 Å². The number of anilines is 1. The average Bonchev–Trinajstić information content (AvgIpc) is 2.87. The number of ether oxygens (including phenoxy) is 1. The van der Waals surface area contributed by atoms with E-state index < -0.39 is 50.5 Å². The predicted molar refractivity (Wildman–Crippen MR) is 123 cm³/mol. The van der Waals surface area contributed by atoms with E-state index >= 15 is 0 Å². The average molecular weight is 538 g/mol. The topological polar surface area (TPSA) is 90.6 Å². The van der Waals surface area contributed by atoms with Gasteiger partial charge in [0.2, 0.25) is 0 Å². The van der Waals surface area contributed by atoms with Crippen molar-refractivity contribution >= 4 is 15.7 Å². The third-order valence-corrected chi connectivity index (χ3v) is 7.57. The Balaban J connectivity index is 1.82. The zero-order valence-corrected chi connectivity index (χ0v) is 19.7. The molecule has 12 heteroatoms. The summed E-state index contributed by atoms with van der Waals surface area (Å²) in [5, 5.41) is 18.4. The Kier molecular flexibility index (Phi) is 7.12. The lowest BCUT2D eigenvalue weighted by atomic mass is 10.0. The number of rotatable bonds is 6. The van der Waals surface area contributed by atoms with Gasteiger partial charge in [-0.25, -0.2) is 17.2 Å². The SMILES string of the molecule is N#CC(O)CCC1CN(S(=O)(=O)c2cccc(C(F)(F)F)c2)c2cc(-c3cc(F)ccc3F)ccc2O1. The number of alkyl halides is 3. The first-order valence-electron chi connectivity index (χ1n) is 10.9. The summed E-state index contributed by atoms with van der Waals surface area (Å²) < 4.78 is 102. The van der Waals surface area contributed by atoms with Crippen LogP contribution in [0.2, 0.25) is 0 Å². The molecule has 1 heterocycles. The summed E-state index contributed by atoms with van der Waals surface area (Å²) in [6.07, 6.45) is -6.94. The summed E-state index contributed by atoms with van der Waals surface area (Å²) in [7, 11) is -4.59. The van der Waals surface area contributed by atoms with Crippen LogP contribution in [0.5, 0.6) is 5.75 Å². The van der Waals surface area contributed by atoms with Crippen LogP contribution in [0, 0.1) is 23.0 Å². The van der Waals surface area contributed by atoms with Crippen LogP contribution in [0.15, 0.2) is 65.6 Å². The van der Waals surface area contributed by atoms with Crippen LogP contribution in [-0.4, -0.2) is 32.3 Å². The van der Waals surface area contributed by atoms with Crippen molar-refractivity contribution in [2.24, 2.45) is 0 Å². The molecule has 0 fully saturated rings. The number of aliphatic hydroxyl groups excluding tert-OH is 1. The van der Waals surface area contributed by atoms with E-state index in [1.54, 1.807) is 6.07 Å². The van der Waals surface area contributed by atoms with Crippen molar-refractivity contribution in [3.05, 3.63) is 77.9 Å². The van der Waals surface area contributed by atoms with Gasteiger partial charge in [-0.15, -0.1) is 0 Å². The second-order valence-electron chi connectivity index (χ2n) is 8.33. The summed E-state index contributed by atoms with van der Waals surface area (Å²) >= 11 is 0. The summed E-state index contributed by atoms with van der Waals surface area (Å²) in [4.78, 5) is -0.631. The Morgan fingerprint density at radius 2 is 1.86 bits per heavy atom. The Labute approximate surface area is 209 Å². The Morgan fingerprint density at radius 3 is 2.57 bits per heavy atom. The Morgan fingerprint density at radius 1 is 1.11 bits per heavy atom. The van der Waals surface area contributed by atoms with Gasteiger partial charge in [-0.3, -0.25) is 4.31 Å². The summed E-state index contributed by atoms with van der Waals surface area (Å²) in [5.41, 5.74) is -1.29. The van der Waals surface area contributed by atoms with E-state index in [4.69, 9.17) is 10.00 Å².